The Morgan fingerprint density at radius 1 is 1.12 bits per heavy atom. The van der Waals surface area contributed by atoms with Crippen LogP contribution in [0.4, 0.5) is 10.5 Å². The average molecular weight is 535 g/mol. The van der Waals surface area contributed by atoms with Crippen LogP contribution in [0.1, 0.15) is 19.4 Å². The van der Waals surface area contributed by atoms with Crippen LogP contribution in [0.15, 0.2) is 45.8 Å². The molecule has 0 radical (unpaired) electrons. The summed E-state index contributed by atoms with van der Waals surface area (Å²) in [6.45, 7) is 4.23. The average Bonchev–Trinajstić information content (AvgIpc) is 3.04. The molecule has 0 saturated carbocycles. The zero-order chi connectivity index (χ0) is 24.0. The van der Waals surface area contributed by atoms with Gasteiger partial charge in [-0.05, 0) is 77.4 Å². The molecule has 1 fully saturated rings. The Morgan fingerprint density at radius 2 is 1.85 bits per heavy atom. The highest BCUT2D eigenvalue weighted by Gasteiger charge is 2.36. The summed E-state index contributed by atoms with van der Waals surface area (Å²) in [6.07, 6.45) is 1.59. The Labute approximate surface area is 204 Å². The number of methoxy groups -OCH3 is 1. The van der Waals surface area contributed by atoms with Crippen molar-refractivity contribution >= 4 is 56.5 Å². The minimum atomic E-state index is -0.539. The summed E-state index contributed by atoms with van der Waals surface area (Å²) in [5, 5.41) is 2.15. The Bertz CT molecular complexity index is 1100. The van der Waals surface area contributed by atoms with Crippen LogP contribution in [0.25, 0.3) is 6.08 Å². The van der Waals surface area contributed by atoms with Gasteiger partial charge in [0.05, 0.1) is 35.4 Å². The highest BCUT2D eigenvalue weighted by molar-refractivity contribution is 9.10. The third-order valence-corrected chi connectivity index (χ3v) is 5.97. The fourth-order valence-corrected chi connectivity index (χ4v) is 4.50. The minimum absolute atomic E-state index is 0.212. The highest BCUT2D eigenvalue weighted by Crippen LogP contribution is 2.39. The molecule has 0 atom stereocenters. The van der Waals surface area contributed by atoms with Crippen molar-refractivity contribution in [2.24, 2.45) is 0 Å². The van der Waals surface area contributed by atoms with E-state index in [0.717, 1.165) is 16.7 Å². The molecule has 3 rings (SSSR count). The monoisotopic (exact) mass is 534 g/mol. The topological polar surface area (TPSA) is 94.2 Å². The van der Waals surface area contributed by atoms with Gasteiger partial charge in [-0.15, -0.1) is 0 Å². The zero-order valence-electron chi connectivity index (χ0n) is 18.3. The second-order valence-corrected chi connectivity index (χ2v) is 8.56. The second-order valence-electron chi connectivity index (χ2n) is 6.71. The van der Waals surface area contributed by atoms with Crippen LogP contribution in [0.3, 0.4) is 0 Å². The molecule has 1 aliphatic rings. The summed E-state index contributed by atoms with van der Waals surface area (Å²) >= 11 is 4.25. The fourth-order valence-electron chi connectivity index (χ4n) is 3.09. The van der Waals surface area contributed by atoms with Crippen molar-refractivity contribution in [1.82, 2.24) is 4.90 Å². The normalized spacial score (nSPS) is 14.5. The number of anilines is 1. The molecule has 174 valence electrons. The van der Waals surface area contributed by atoms with E-state index in [0.29, 0.717) is 46.2 Å². The number of amides is 3. The number of thioether (sulfide) groups is 1. The van der Waals surface area contributed by atoms with Crippen molar-refractivity contribution < 1.29 is 28.6 Å². The predicted octanol–water partition coefficient (Wildman–Crippen LogP) is 4.93. The summed E-state index contributed by atoms with van der Waals surface area (Å²) in [5.41, 5.74) is 1.10. The lowest BCUT2D eigenvalue weighted by Crippen LogP contribution is -2.36. The lowest BCUT2D eigenvalue weighted by molar-refractivity contribution is -0.127. The summed E-state index contributed by atoms with van der Waals surface area (Å²) in [6, 6.07) is 10.4. The van der Waals surface area contributed by atoms with Crippen LogP contribution in [0.2, 0.25) is 0 Å². The number of carbonyl (C=O) groups is 3. The quantitative estimate of drug-likeness (QED) is 0.455. The molecule has 0 bridgehead atoms. The minimum Gasteiger partial charge on any atom is -0.495 e. The first-order chi connectivity index (χ1) is 15.9. The van der Waals surface area contributed by atoms with Gasteiger partial charge in [-0.2, -0.15) is 0 Å². The van der Waals surface area contributed by atoms with Gasteiger partial charge in [-0.1, -0.05) is 12.1 Å². The molecule has 0 unspecified atom stereocenters. The standard InChI is InChI=1S/C23H23BrN2O6S/c1-4-31-18-11-14(10-15(24)21(18)32-5-2)12-19-22(28)26(23(29)33-19)13-20(27)25-16-8-6-7-9-17(16)30-3/h6-12H,4-5,13H2,1-3H3,(H,25,27)/b19-12+. The first-order valence-corrected chi connectivity index (χ1v) is 11.8. The van der Waals surface area contributed by atoms with Crippen LogP contribution in [-0.4, -0.2) is 48.8 Å². The van der Waals surface area contributed by atoms with Crippen LogP contribution in [0.5, 0.6) is 17.2 Å². The second kappa shape index (κ2) is 11.2. The van der Waals surface area contributed by atoms with Crippen molar-refractivity contribution in [2.75, 3.05) is 32.2 Å². The predicted molar refractivity (Wildman–Crippen MR) is 131 cm³/mol. The lowest BCUT2D eigenvalue weighted by atomic mass is 10.2. The Hall–Kier alpha value is -2.98. The van der Waals surface area contributed by atoms with Gasteiger partial charge >= 0.3 is 0 Å². The van der Waals surface area contributed by atoms with E-state index >= 15 is 0 Å². The molecule has 0 aliphatic carbocycles. The molecule has 33 heavy (non-hydrogen) atoms. The van der Waals surface area contributed by atoms with E-state index in [9.17, 15) is 14.4 Å². The van der Waals surface area contributed by atoms with Gasteiger partial charge in [-0.25, -0.2) is 0 Å². The van der Waals surface area contributed by atoms with Gasteiger partial charge in [0.15, 0.2) is 11.5 Å². The molecule has 2 aromatic rings. The van der Waals surface area contributed by atoms with E-state index in [1.165, 1.54) is 7.11 Å². The zero-order valence-corrected chi connectivity index (χ0v) is 20.7. The van der Waals surface area contributed by atoms with Crippen LogP contribution >= 0.6 is 27.7 Å². The Morgan fingerprint density at radius 3 is 2.55 bits per heavy atom. The molecule has 8 nitrogen and oxygen atoms in total. The maximum atomic E-state index is 12.8. The molecule has 0 aromatic heterocycles. The number of para-hydroxylation sites is 2. The maximum Gasteiger partial charge on any atom is 0.294 e. The smallest absolute Gasteiger partial charge is 0.294 e. The lowest BCUT2D eigenvalue weighted by Gasteiger charge is -2.14. The van der Waals surface area contributed by atoms with Crippen LogP contribution < -0.4 is 19.5 Å². The molecule has 1 saturated heterocycles. The molecule has 1 N–H and O–H groups in total. The van der Waals surface area contributed by atoms with E-state index in [2.05, 4.69) is 21.2 Å². The number of halogens is 1. The van der Waals surface area contributed by atoms with E-state index in [-0.39, 0.29) is 4.91 Å². The third-order valence-electron chi connectivity index (χ3n) is 4.47. The molecule has 0 spiro atoms. The third kappa shape index (κ3) is 5.88. The molecular formula is C23H23BrN2O6S. The van der Waals surface area contributed by atoms with Crippen molar-refractivity contribution in [2.45, 2.75) is 13.8 Å². The van der Waals surface area contributed by atoms with Gasteiger partial charge in [0.25, 0.3) is 11.1 Å². The molecule has 3 amide bonds. The first kappa shape index (κ1) is 24.7. The van der Waals surface area contributed by atoms with E-state index in [4.69, 9.17) is 14.2 Å². The van der Waals surface area contributed by atoms with Crippen LogP contribution in [-0.2, 0) is 9.59 Å². The maximum absolute atomic E-state index is 12.8. The number of imide groups is 1. The Kier molecular flexibility index (Phi) is 8.40. The van der Waals surface area contributed by atoms with Gasteiger partial charge in [0.2, 0.25) is 5.91 Å². The first-order valence-electron chi connectivity index (χ1n) is 10.1. The fraction of sp³-hybridized carbons (Fsp3) is 0.261. The van der Waals surface area contributed by atoms with Crippen LogP contribution in [0, 0.1) is 0 Å². The number of rotatable bonds is 9. The number of benzene rings is 2. The van der Waals surface area contributed by atoms with Crippen molar-refractivity contribution in [3.05, 3.63) is 51.3 Å². The number of hydrogen-bond acceptors (Lipinski definition) is 7. The van der Waals surface area contributed by atoms with Crippen molar-refractivity contribution in [1.29, 1.82) is 0 Å². The number of carbonyl (C=O) groups excluding carboxylic acids is 3. The van der Waals surface area contributed by atoms with Gasteiger partial charge < -0.3 is 19.5 Å². The van der Waals surface area contributed by atoms with E-state index in [1.54, 1.807) is 42.5 Å². The number of hydrogen-bond donors (Lipinski definition) is 1. The van der Waals surface area contributed by atoms with Gasteiger partial charge in [0, 0.05) is 0 Å². The molecular weight excluding hydrogens is 512 g/mol. The van der Waals surface area contributed by atoms with Crippen molar-refractivity contribution in [3.63, 3.8) is 0 Å². The largest absolute Gasteiger partial charge is 0.495 e. The van der Waals surface area contributed by atoms with E-state index < -0.39 is 23.6 Å². The van der Waals surface area contributed by atoms with Gasteiger partial charge in [-0.3, -0.25) is 19.3 Å². The summed E-state index contributed by atoms with van der Waals surface area (Å²) in [4.78, 5) is 38.9. The SMILES string of the molecule is CCOc1cc(/C=C2/SC(=O)N(CC(=O)Nc3ccccc3OC)C2=O)cc(Br)c1OCC. The molecule has 2 aromatic carbocycles. The summed E-state index contributed by atoms with van der Waals surface area (Å²) in [7, 11) is 1.49. The molecule has 1 heterocycles. The highest BCUT2D eigenvalue weighted by atomic mass is 79.9. The number of ether oxygens (including phenoxy) is 3. The summed E-state index contributed by atoms with van der Waals surface area (Å²) in [5.74, 6) is 0.521. The van der Waals surface area contributed by atoms with Gasteiger partial charge in [0.1, 0.15) is 12.3 Å². The van der Waals surface area contributed by atoms with E-state index in [1.807, 2.05) is 13.8 Å². The number of nitrogens with one attached hydrogen (secondary N) is 1. The summed E-state index contributed by atoms with van der Waals surface area (Å²) < 4.78 is 17.2. The molecule has 1 aliphatic heterocycles. The number of nitrogens with zero attached hydrogens (tertiary/aromatic N) is 1. The van der Waals surface area contributed by atoms with Crippen molar-refractivity contribution in [3.8, 4) is 17.2 Å². The molecule has 10 heteroatoms. The Balaban J connectivity index is 1.77.